The van der Waals surface area contributed by atoms with E-state index in [-0.39, 0.29) is 15.5 Å². The zero-order chi connectivity index (χ0) is 19.5. The summed E-state index contributed by atoms with van der Waals surface area (Å²) in [6.45, 7) is 7.87. The lowest BCUT2D eigenvalue weighted by Crippen LogP contribution is -2.30. The molecule has 142 valence electrons. The Balaban J connectivity index is 2.32. The van der Waals surface area contributed by atoms with E-state index < -0.39 is 20.1 Å². The minimum Gasteiger partial charge on any atom is -0.379 e. The molecule has 0 unspecified atom stereocenters. The van der Waals surface area contributed by atoms with Crippen molar-refractivity contribution in [1.29, 1.82) is 0 Å². The quantitative estimate of drug-likeness (QED) is 0.671. The van der Waals surface area contributed by atoms with E-state index in [1.165, 1.54) is 28.6 Å². The Kier molecular flexibility index (Phi) is 6.10. The van der Waals surface area contributed by atoms with Gasteiger partial charge in [0.15, 0.2) is 0 Å². The van der Waals surface area contributed by atoms with Gasteiger partial charge in [-0.2, -0.15) is 12.7 Å². The third kappa shape index (κ3) is 4.44. The highest BCUT2D eigenvalue weighted by Crippen LogP contribution is 2.23. The molecule has 0 saturated carbocycles. The van der Waals surface area contributed by atoms with Crippen molar-refractivity contribution in [3.63, 3.8) is 0 Å². The van der Waals surface area contributed by atoms with Crippen molar-refractivity contribution in [2.45, 2.75) is 37.5 Å². The standard InChI is InChI=1S/C18H23NO5S2/c1-5-19(6-2)25(20,21)17-7-9-18(10-8-17)26(22,23)24-16-12-14(3)11-15(4)13-16/h7-13H,5-6H2,1-4H3. The summed E-state index contributed by atoms with van der Waals surface area (Å²) < 4.78 is 56.3. The normalized spacial score (nSPS) is 12.3. The van der Waals surface area contributed by atoms with Crippen LogP contribution in [0.5, 0.6) is 5.75 Å². The Hall–Kier alpha value is -1.90. The first kappa shape index (κ1) is 20.4. The van der Waals surface area contributed by atoms with Gasteiger partial charge in [-0.25, -0.2) is 8.42 Å². The molecule has 0 spiro atoms. The summed E-state index contributed by atoms with van der Waals surface area (Å²) in [5.41, 5.74) is 1.77. The number of nitrogens with zero attached hydrogens (tertiary/aromatic N) is 1. The highest BCUT2D eigenvalue weighted by molar-refractivity contribution is 7.89. The zero-order valence-corrected chi connectivity index (χ0v) is 16.9. The number of sulfonamides is 1. The lowest BCUT2D eigenvalue weighted by Gasteiger charge is -2.18. The zero-order valence-electron chi connectivity index (χ0n) is 15.3. The summed E-state index contributed by atoms with van der Waals surface area (Å²) in [6.07, 6.45) is 0. The maximum absolute atomic E-state index is 12.5. The van der Waals surface area contributed by atoms with Crippen LogP contribution in [0.15, 0.2) is 52.3 Å². The number of hydrogen-bond acceptors (Lipinski definition) is 5. The molecule has 0 saturated heterocycles. The summed E-state index contributed by atoms with van der Waals surface area (Å²) in [6, 6.07) is 10.2. The highest BCUT2D eigenvalue weighted by atomic mass is 32.2. The van der Waals surface area contributed by atoms with Crippen molar-refractivity contribution in [2.24, 2.45) is 0 Å². The van der Waals surface area contributed by atoms with Crippen LogP contribution in [-0.4, -0.2) is 34.2 Å². The summed E-state index contributed by atoms with van der Waals surface area (Å²) >= 11 is 0. The van der Waals surface area contributed by atoms with Crippen LogP contribution in [0, 0.1) is 13.8 Å². The van der Waals surface area contributed by atoms with Gasteiger partial charge in [0, 0.05) is 13.1 Å². The Morgan fingerprint density at radius 3 is 1.73 bits per heavy atom. The Bertz CT molecular complexity index is 956. The van der Waals surface area contributed by atoms with Crippen LogP contribution in [0.2, 0.25) is 0 Å². The van der Waals surface area contributed by atoms with Crippen LogP contribution in [-0.2, 0) is 20.1 Å². The van der Waals surface area contributed by atoms with Gasteiger partial charge >= 0.3 is 10.1 Å². The first-order valence-electron chi connectivity index (χ1n) is 8.23. The molecule has 0 bridgehead atoms. The first-order chi connectivity index (χ1) is 12.1. The molecule has 0 N–H and O–H groups in total. The molecule has 6 nitrogen and oxygen atoms in total. The summed E-state index contributed by atoms with van der Waals surface area (Å²) in [4.78, 5) is -0.0540. The van der Waals surface area contributed by atoms with Gasteiger partial charge in [-0.3, -0.25) is 0 Å². The second-order valence-electron chi connectivity index (χ2n) is 5.92. The largest absolute Gasteiger partial charge is 0.379 e. The molecular formula is C18H23NO5S2. The topological polar surface area (TPSA) is 80.8 Å². The average molecular weight is 398 g/mol. The first-order valence-corrected chi connectivity index (χ1v) is 11.1. The van der Waals surface area contributed by atoms with Crippen LogP contribution in [0.3, 0.4) is 0 Å². The van der Waals surface area contributed by atoms with E-state index in [0.29, 0.717) is 13.1 Å². The van der Waals surface area contributed by atoms with Gasteiger partial charge in [0.1, 0.15) is 10.6 Å². The fourth-order valence-corrected chi connectivity index (χ4v) is 5.02. The SMILES string of the molecule is CCN(CC)S(=O)(=O)c1ccc(S(=O)(=O)Oc2cc(C)cc(C)c2)cc1. The molecule has 0 aromatic heterocycles. The lowest BCUT2D eigenvalue weighted by molar-refractivity contribution is 0.445. The summed E-state index contributed by atoms with van der Waals surface area (Å²) in [7, 11) is -7.68. The van der Waals surface area contributed by atoms with Crippen molar-refractivity contribution in [3.05, 3.63) is 53.6 Å². The molecule has 0 atom stereocenters. The van der Waals surface area contributed by atoms with E-state index in [2.05, 4.69) is 0 Å². The maximum Gasteiger partial charge on any atom is 0.339 e. The molecule has 0 aliphatic carbocycles. The van der Waals surface area contributed by atoms with Crippen molar-refractivity contribution >= 4 is 20.1 Å². The fraction of sp³-hybridized carbons (Fsp3) is 0.333. The van der Waals surface area contributed by atoms with Crippen molar-refractivity contribution < 1.29 is 21.0 Å². The second kappa shape index (κ2) is 7.77. The average Bonchev–Trinajstić information content (AvgIpc) is 2.54. The predicted octanol–water partition coefficient (Wildman–Crippen LogP) is 3.10. The number of aryl methyl sites for hydroxylation is 2. The van der Waals surface area contributed by atoms with Gasteiger partial charge in [-0.05, 0) is 61.4 Å². The van der Waals surface area contributed by atoms with E-state index in [9.17, 15) is 16.8 Å². The van der Waals surface area contributed by atoms with Gasteiger partial charge in [0.2, 0.25) is 10.0 Å². The predicted molar refractivity (Wildman–Crippen MR) is 100 cm³/mol. The lowest BCUT2D eigenvalue weighted by atomic mass is 10.1. The molecule has 0 radical (unpaired) electrons. The van der Waals surface area contributed by atoms with Crippen molar-refractivity contribution in [3.8, 4) is 5.75 Å². The molecule has 2 aromatic carbocycles. The molecule has 0 aliphatic rings. The van der Waals surface area contributed by atoms with Crippen LogP contribution >= 0.6 is 0 Å². The van der Waals surface area contributed by atoms with E-state index >= 15 is 0 Å². The molecule has 0 aliphatic heterocycles. The Morgan fingerprint density at radius 2 is 1.27 bits per heavy atom. The van der Waals surface area contributed by atoms with Gasteiger partial charge in [0.05, 0.1) is 4.90 Å². The number of rotatable bonds is 7. The van der Waals surface area contributed by atoms with Gasteiger partial charge in [-0.1, -0.05) is 19.9 Å². The molecule has 2 aromatic rings. The van der Waals surface area contributed by atoms with Crippen LogP contribution in [0.1, 0.15) is 25.0 Å². The second-order valence-corrected chi connectivity index (χ2v) is 9.41. The van der Waals surface area contributed by atoms with Gasteiger partial charge < -0.3 is 4.18 Å². The molecule has 8 heteroatoms. The smallest absolute Gasteiger partial charge is 0.339 e. The Labute approximate surface area is 155 Å². The van der Waals surface area contributed by atoms with E-state index in [1.54, 1.807) is 26.0 Å². The highest BCUT2D eigenvalue weighted by Gasteiger charge is 2.23. The molecule has 2 rings (SSSR count). The van der Waals surface area contributed by atoms with Gasteiger partial charge in [-0.15, -0.1) is 0 Å². The summed E-state index contributed by atoms with van der Waals surface area (Å²) in [5, 5.41) is 0. The molecule has 26 heavy (non-hydrogen) atoms. The Morgan fingerprint density at radius 1 is 0.808 bits per heavy atom. The van der Waals surface area contributed by atoms with Crippen LogP contribution in [0.25, 0.3) is 0 Å². The third-order valence-electron chi connectivity index (χ3n) is 3.86. The van der Waals surface area contributed by atoms with Crippen LogP contribution < -0.4 is 4.18 Å². The van der Waals surface area contributed by atoms with Gasteiger partial charge in [0.25, 0.3) is 0 Å². The molecule has 0 heterocycles. The minimum atomic E-state index is -4.05. The number of benzene rings is 2. The third-order valence-corrected chi connectivity index (χ3v) is 7.18. The summed E-state index contributed by atoms with van der Waals surface area (Å²) in [5.74, 6) is 0.224. The molecule has 0 fully saturated rings. The van der Waals surface area contributed by atoms with Crippen LogP contribution in [0.4, 0.5) is 0 Å². The van der Waals surface area contributed by atoms with E-state index in [0.717, 1.165) is 11.1 Å². The monoisotopic (exact) mass is 397 g/mol. The maximum atomic E-state index is 12.5. The fourth-order valence-electron chi connectivity index (χ4n) is 2.65. The number of hydrogen-bond donors (Lipinski definition) is 0. The van der Waals surface area contributed by atoms with Crippen molar-refractivity contribution in [2.75, 3.05) is 13.1 Å². The minimum absolute atomic E-state index is 0.0477. The molecule has 0 amide bonds. The van der Waals surface area contributed by atoms with Crippen molar-refractivity contribution in [1.82, 2.24) is 4.31 Å². The van der Waals surface area contributed by atoms with E-state index in [4.69, 9.17) is 4.18 Å². The molecular weight excluding hydrogens is 374 g/mol. The van der Waals surface area contributed by atoms with E-state index in [1.807, 2.05) is 19.9 Å².